The fourth-order valence-electron chi connectivity index (χ4n) is 2.86. The summed E-state index contributed by atoms with van der Waals surface area (Å²) < 4.78 is 11.1. The Morgan fingerprint density at radius 3 is 2.67 bits per heavy atom. The van der Waals surface area contributed by atoms with Crippen molar-refractivity contribution in [2.45, 2.75) is 32.4 Å². The topological polar surface area (TPSA) is 44.5 Å². The molecule has 3 heteroatoms. The molecule has 0 fully saturated rings. The van der Waals surface area contributed by atoms with Crippen LogP contribution in [0.4, 0.5) is 0 Å². The molecule has 0 amide bonds. The third-order valence-corrected chi connectivity index (χ3v) is 4.07. The first-order chi connectivity index (χ1) is 10.1. The van der Waals surface area contributed by atoms with E-state index in [1.165, 1.54) is 5.56 Å². The average Bonchev–Trinajstić information content (AvgIpc) is 2.86. The molecule has 0 radical (unpaired) electrons. The van der Waals surface area contributed by atoms with Gasteiger partial charge in [-0.1, -0.05) is 24.3 Å². The molecule has 1 heterocycles. The number of rotatable bonds is 3. The lowest BCUT2D eigenvalue weighted by atomic mass is 9.96. The molecule has 2 unspecified atom stereocenters. The quantitative estimate of drug-likeness (QED) is 0.939. The van der Waals surface area contributed by atoms with E-state index in [1.54, 1.807) is 7.11 Å². The van der Waals surface area contributed by atoms with Gasteiger partial charge in [0.2, 0.25) is 0 Å². The van der Waals surface area contributed by atoms with Crippen LogP contribution in [0.25, 0.3) is 0 Å². The van der Waals surface area contributed by atoms with Crippen molar-refractivity contribution in [2.75, 3.05) is 7.11 Å². The van der Waals surface area contributed by atoms with Gasteiger partial charge in [-0.2, -0.15) is 0 Å². The zero-order chi connectivity index (χ0) is 15.0. The highest BCUT2D eigenvalue weighted by molar-refractivity contribution is 5.45. The summed E-state index contributed by atoms with van der Waals surface area (Å²) in [4.78, 5) is 0. The van der Waals surface area contributed by atoms with Crippen LogP contribution in [0.1, 0.15) is 35.2 Å². The zero-order valence-electron chi connectivity index (χ0n) is 12.7. The maximum absolute atomic E-state index is 6.42. The zero-order valence-corrected chi connectivity index (χ0v) is 12.7. The summed E-state index contributed by atoms with van der Waals surface area (Å²) in [5.74, 6) is 1.86. The van der Waals surface area contributed by atoms with Crippen molar-refractivity contribution in [2.24, 2.45) is 5.73 Å². The Morgan fingerprint density at radius 2 is 1.90 bits per heavy atom. The molecule has 3 rings (SSSR count). The van der Waals surface area contributed by atoms with Crippen LogP contribution in [-0.2, 0) is 6.42 Å². The molecule has 1 aliphatic rings. The monoisotopic (exact) mass is 283 g/mol. The van der Waals surface area contributed by atoms with E-state index >= 15 is 0 Å². The van der Waals surface area contributed by atoms with Crippen LogP contribution in [0.5, 0.6) is 11.5 Å². The molecule has 110 valence electrons. The molecule has 0 aliphatic carbocycles. The van der Waals surface area contributed by atoms with Gasteiger partial charge in [0.15, 0.2) is 0 Å². The van der Waals surface area contributed by atoms with Gasteiger partial charge < -0.3 is 15.2 Å². The minimum absolute atomic E-state index is 0.152. The molecule has 2 atom stereocenters. The summed E-state index contributed by atoms with van der Waals surface area (Å²) in [7, 11) is 1.69. The van der Waals surface area contributed by atoms with E-state index in [0.717, 1.165) is 34.6 Å². The molecule has 2 aromatic rings. The van der Waals surface area contributed by atoms with Crippen LogP contribution in [0.15, 0.2) is 36.4 Å². The minimum atomic E-state index is -0.152. The van der Waals surface area contributed by atoms with Crippen molar-refractivity contribution in [3.63, 3.8) is 0 Å². The summed E-state index contributed by atoms with van der Waals surface area (Å²) in [5, 5.41) is 0. The Balaban J connectivity index is 1.92. The van der Waals surface area contributed by atoms with Gasteiger partial charge in [0.05, 0.1) is 13.2 Å². The molecule has 0 saturated carbocycles. The van der Waals surface area contributed by atoms with Crippen molar-refractivity contribution in [3.8, 4) is 11.5 Å². The Kier molecular flexibility index (Phi) is 3.60. The van der Waals surface area contributed by atoms with Crippen LogP contribution >= 0.6 is 0 Å². The molecule has 0 bridgehead atoms. The van der Waals surface area contributed by atoms with E-state index in [0.29, 0.717) is 0 Å². The van der Waals surface area contributed by atoms with E-state index in [2.05, 4.69) is 19.1 Å². The number of fused-ring (bicyclic) bond motifs is 1. The molecule has 21 heavy (non-hydrogen) atoms. The van der Waals surface area contributed by atoms with Gasteiger partial charge in [-0.05, 0) is 48.2 Å². The molecular formula is C18H21NO2. The van der Waals surface area contributed by atoms with E-state index in [1.807, 2.05) is 31.2 Å². The highest BCUT2D eigenvalue weighted by Gasteiger charge is 2.20. The standard InChI is InChI=1S/C18H21NO2/c1-11-4-5-14(10-17(11)20-3)18(19)13-6-7-16-15(9-13)8-12(2)21-16/h4-7,9-10,12,18H,8,19H2,1-3H3. The van der Waals surface area contributed by atoms with Gasteiger partial charge in [0.25, 0.3) is 0 Å². The first-order valence-corrected chi connectivity index (χ1v) is 7.28. The van der Waals surface area contributed by atoms with E-state index in [-0.39, 0.29) is 12.1 Å². The van der Waals surface area contributed by atoms with Crippen molar-refractivity contribution < 1.29 is 9.47 Å². The minimum Gasteiger partial charge on any atom is -0.496 e. The highest BCUT2D eigenvalue weighted by atomic mass is 16.5. The number of hydrogen-bond acceptors (Lipinski definition) is 3. The second-order valence-electron chi connectivity index (χ2n) is 5.71. The molecule has 1 aliphatic heterocycles. The van der Waals surface area contributed by atoms with Crippen LogP contribution in [0.2, 0.25) is 0 Å². The summed E-state index contributed by atoms with van der Waals surface area (Å²) in [5.41, 5.74) is 11.0. The third-order valence-electron chi connectivity index (χ3n) is 4.07. The summed E-state index contributed by atoms with van der Waals surface area (Å²) in [6, 6.07) is 12.2. The van der Waals surface area contributed by atoms with Gasteiger partial charge in [0.1, 0.15) is 17.6 Å². The average molecular weight is 283 g/mol. The number of aryl methyl sites for hydroxylation is 1. The van der Waals surface area contributed by atoms with Crippen LogP contribution in [0, 0.1) is 6.92 Å². The van der Waals surface area contributed by atoms with Crippen molar-refractivity contribution in [1.82, 2.24) is 0 Å². The van der Waals surface area contributed by atoms with Crippen LogP contribution in [0.3, 0.4) is 0 Å². The summed E-state index contributed by atoms with van der Waals surface area (Å²) in [6.45, 7) is 4.12. The predicted octanol–water partition coefficient (Wildman–Crippen LogP) is 3.38. The van der Waals surface area contributed by atoms with Crippen LogP contribution in [-0.4, -0.2) is 13.2 Å². The van der Waals surface area contributed by atoms with Gasteiger partial charge in [-0.25, -0.2) is 0 Å². The molecule has 2 aromatic carbocycles. The van der Waals surface area contributed by atoms with Crippen molar-refractivity contribution in [1.29, 1.82) is 0 Å². The van der Waals surface area contributed by atoms with Gasteiger partial charge in [0, 0.05) is 6.42 Å². The second-order valence-corrected chi connectivity index (χ2v) is 5.71. The first-order valence-electron chi connectivity index (χ1n) is 7.28. The lowest BCUT2D eigenvalue weighted by Gasteiger charge is -2.15. The summed E-state index contributed by atoms with van der Waals surface area (Å²) >= 11 is 0. The van der Waals surface area contributed by atoms with Gasteiger partial charge >= 0.3 is 0 Å². The predicted molar refractivity (Wildman–Crippen MR) is 84.0 cm³/mol. The van der Waals surface area contributed by atoms with Gasteiger partial charge in [-0.3, -0.25) is 0 Å². The Bertz CT molecular complexity index is 666. The maximum atomic E-state index is 6.42. The molecule has 0 saturated heterocycles. The van der Waals surface area contributed by atoms with E-state index in [4.69, 9.17) is 15.2 Å². The highest BCUT2D eigenvalue weighted by Crippen LogP contribution is 2.33. The van der Waals surface area contributed by atoms with Crippen LogP contribution < -0.4 is 15.2 Å². The third kappa shape index (κ3) is 2.61. The van der Waals surface area contributed by atoms with Gasteiger partial charge in [-0.15, -0.1) is 0 Å². The number of nitrogens with two attached hydrogens (primary N) is 1. The molecule has 0 aromatic heterocycles. The molecule has 0 spiro atoms. The van der Waals surface area contributed by atoms with E-state index in [9.17, 15) is 0 Å². The molecule has 2 N–H and O–H groups in total. The smallest absolute Gasteiger partial charge is 0.123 e. The number of benzene rings is 2. The summed E-state index contributed by atoms with van der Waals surface area (Å²) in [6.07, 6.45) is 1.21. The Morgan fingerprint density at radius 1 is 1.19 bits per heavy atom. The lowest BCUT2D eigenvalue weighted by molar-refractivity contribution is 0.254. The number of hydrogen-bond donors (Lipinski definition) is 1. The second kappa shape index (κ2) is 5.41. The Labute approximate surface area is 125 Å². The molecular weight excluding hydrogens is 262 g/mol. The van der Waals surface area contributed by atoms with E-state index < -0.39 is 0 Å². The number of methoxy groups -OCH3 is 1. The maximum Gasteiger partial charge on any atom is 0.123 e. The first kappa shape index (κ1) is 14.0. The Hall–Kier alpha value is -2.00. The largest absolute Gasteiger partial charge is 0.496 e. The number of ether oxygens (including phenoxy) is 2. The van der Waals surface area contributed by atoms with Crippen molar-refractivity contribution in [3.05, 3.63) is 58.7 Å². The molecule has 3 nitrogen and oxygen atoms in total. The SMILES string of the molecule is COc1cc(C(N)c2ccc3c(c2)CC(C)O3)ccc1C. The normalized spacial score (nSPS) is 18.0. The van der Waals surface area contributed by atoms with Crippen molar-refractivity contribution >= 4 is 0 Å². The lowest BCUT2D eigenvalue weighted by Crippen LogP contribution is -2.12. The fraction of sp³-hybridized carbons (Fsp3) is 0.333. The fourth-order valence-corrected chi connectivity index (χ4v) is 2.86.